The highest BCUT2D eigenvalue weighted by molar-refractivity contribution is 6.35. The van der Waals surface area contributed by atoms with E-state index in [9.17, 15) is 9.59 Å². The van der Waals surface area contributed by atoms with Crippen molar-refractivity contribution in [2.75, 3.05) is 5.32 Å². The predicted octanol–water partition coefficient (Wildman–Crippen LogP) is 2.69. The molecule has 0 fully saturated rings. The minimum absolute atomic E-state index is 0.0838. The molecule has 96 valence electrons. The van der Waals surface area contributed by atoms with Crippen LogP contribution < -0.4 is 11.1 Å². The lowest BCUT2D eigenvalue weighted by Crippen LogP contribution is -2.20. The van der Waals surface area contributed by atoms with Crippen molar-refractivity contribution in [3.8, 4) is 0 Å². The highest BCUT2D eigenvalue weighted by Gasteiger charge is 2.18. The number of carbonyl (C=O) groups is 2. The van der Waals surface area contributed by atoms with E-state index in [1.165, 1.54) is 12.1 Å². The third-order valence-electron chi connectivity index (χ3n) is 2.54. The van der Waals surface area contributed by atoms with E-state index in [0.29, 0.717) is 5.69 Å². The van der Waals surface area contributed by atoms with Gasteiger partial charge in [0, 0.05) is 5.69 Å². The van der Waals surface area contributed by atoms with Crippen LogP contribution in [0.25, 0.3) is 0 Å². The van der Waals surface area contributed by atoms with E-state index in [0.717, 1.165) is 0 Å². The normalized spacial score (nSPS) is 9.95. The number of primary amides is 1. The average molecular weight is 275 g/mol. The van der Waals surface area contributed by atoms with Crippen LogP contribution in [0.2, 0.25) is 5.02 Å². The van der Waals surface area contributed by atoms with E-state index >= 15 is 0 Å². The number of nitrogens with two attached hydrogens (primary N) is 1. The Morgan fingerprint density at radius 1 is 1.00 bits per heavy atom. The maximum atomic E-state index is 12.2. The minimum atomic E-state index is -0.694. The van der Waals surface area contributed by atoms with Gasteiger partial charge in [0.05, 0.1) is 16.1 Å². The number of nitrogens with one attached hydrogen (secondary N) is 1. The van der Waals surface area contributed by atoms with Crippen molar-refractivity contribution in [1.29, 1.82) is 0 Å². The Morgan fingerprint density at radius 2 is 1.68 bits per heavy atom. The number of hydrogen-bond donors (Lipinski definition) is 2. The summed E-state index contributed by atoms with van der Waals surface area (Å²) >= 11 is 5.97. The number of rotatable bonds is 3. The van der Waals surface area contributed by atoms with Gasteiger partial charge < -0.3 is 11.1 Å². The number of halogens is 1. The fourth-order valence-corrected chi connectivity index (χ4v) is 1.94. The van der Waals surface area contributed by atoms with E-state index in [2.05, 4.69) is 5.32 Å². The van der Waals surface area contributed by atoms with Gasteiger partial charge in [0.25, 0.3) is 5.91 Å². The molecule has 4 nitrogen and oxygen atoms in total. The summed E-state index contributed by atoms with van der Waals surface area (Å²) in [6.45, 7) is 0. The molecule has 0 saturated heterocycles. The summed E-state index contributed by atoms with van der Waals surface area (Å²) in [5.74, 6) is -1.16. The predicted molar refractivity (Wildman–Crippen MR) is 74.4 cm³/mol. The molecule has 0 atom stereocenters. The summed E-state index contributed by atoms with van der Waals surface area (Å²) in [4.78, 5) is 23.5. The summed E-state index contributed by atoms with van der Waals surface area (Å²) in [6, 6.07) is 13.5. The number of benzene rings is 2. The molecular weight excluding hydrogens is 264 g/mol. The van der Waals surface area contributed by atoms with Crippen LogP contribution in [0.15, 0.2) is 48.5 Å². The Kier molecular flexibility index (Phi) is 3.82. The van der Waals surface area contributed by atoms with Crippen molar-refractivity contribution < 1.29 is 9.59 Å². The number of para-hydroxylation sites is 1. The molecule has 0 heterocycles. The van der Waals surface area contributed by atoms with E-state index in [1.807, 2.05) is 6.07 Å². The second-order valence-corrected chi connectivity index (χ2v) is 4.25. The van der Waals surface area contributed by atoms with Crippen LogP contribution in [0.4, 0.5) is 5.69 Å². The number of amides is 2. The summed E-state index contributed by atoms with van der Waals surface area (Å²) in [5, 5.41) is 2.85. The second kappa shape index (κ2) is 5.54. The summed E-state index contributed by atoms with van der Waals surface area (Å²) < 4.78 is 0. The lowest BCUT2D eigenvalue weighted by molar-refractivity contribution is 0.0977. The van der Waals surface area contributed by atoms with Crippen LogP contribution in [0.1, 0.15) is 20.7 Å². The van der Waals surface area contributed by atoms with Gasteiger partial charge in [0.1, 0.15) is 0 Å². The van der Waals surface area contributed by atoms with Gasteiger partial charge in [0.15, 0.2) is 0 Å². The van der Waals surface area contributed by atoms with Gasteiger partial charge in [0.2, 0.25) is 5.91 Å². The highest BCUT2D eigenvalue weighted by atomic mass is 35.5. The highest BCUT2D eigenvalue weighted by Crippen LogP contribution is 2.21. The first kappa shape index (κ1) is 13.1. The molecule has 0 saturated carbocycles. The molecule has 0 aromatic heterocycles. The van der Waals surface area contributed by atoms with E-state index < -0.39 is 11.8 Å². The van der Waals surface area contributed by atoms with Crippen molar-refractivity contribution >= 4 is 29.1 Å². The lowest BCUT2D eigenvalue weighted by atomic mass is 10.1. The van der Waals surface area contributed by atoms with E-state index in [-0.39, 0.29) is 16.1 Å². The Labute approximate surface area is 115 Å². The Balaban J connectivity index is 2.36. The molecule has 19 heavy (non-hydrogen) atoms. The maximum absolute atomic E-state index is 12.2. The quantitative estimate of drug-likeness (QED) is 0.903. The fraction of sp³-hybridized carbons (Fsp3) is 0. The number of anilines is 1. The third-order valence-corrected chi connectivity index (χ3v) is 2.85. The van der Waals surface area contributed by atoms with Gasteiger partial charge in [-0.05, 0) is 24.3 Å². The molecular formula is C14H11ClN2O2. The van der Waals surface area contributed by atoms with Crippen LogP contribution in [0.5, 0.6) is 0 Å². The molecule has 5 heteroatoms. The van der Waals surface area contributed by atoms with Gasteiger partial charge in [-0.1, -0.05) is 35.9 Å². The molecule has 0 aliphatic heterocycles. The smallest absolute Gasteiger partial charge is 0.257 e. The minimum Gasteiger partial charge on any atom is -0.366 e. The SMILES string of the molecule is NC(=O)c1cccc(Cl)c1C(=O)Nc1ccccc1. The topological polar surface area (TPSA) is 72.2 Å². The van der Waals surface area contributed by atoms with Crippen LogP contribution in [0.3, 0.4) is 0 Å². The first-order valence-corrected chi connectivity index (χ1v) is 5.92. The number of carbonyl (C=O) groups excluding carboxylic acids is 2. The Morgan fingerprint density at radius 3 is 2.32 bits per heavy atom. The van der Waals surface area contributed by atoms with E-state index in [4.69, 9.17) is 17.3 Å². The largest absolute Gasteiger partial charge is 0.366 e. The fourth-order valence-electron chi connectivity index (χ4n) is 1.68. The van der Waals surface area contributed by atoms with Crippen LogP contribution in [-0.2, 0) is 0 Å². The molecule has 3 N–H and O–H groups in total. The van der Waals surface area contributed by atoms with Crippen molar-refractivity contribution in [2.24, 2.45) is 5.73 Å². The molecule has 0 aliphatic rings. The Bertz CT molecular complexity index is 627. The first-order valence-electron chi connectivity index (χ1n) is 5.54. The standard InChI is InChI=1S/C14H11ClN2O2/c15-11-8-4-7-10(13(16)18)12(11)14(19)17-9-5-2-1-3-6-9/h1-8H,(H2,16,18)(H,17,19). The van der Waals surface area contributed by atoms with Crippen molar-refractivity contribution in [3.63, 3.8) is 0 Å². The zero-order valence-corrected chi connectivity index (χ0v) is 10.6. The van der Waals surface area contributed by atoms with Crippen molar-refractivity contribution in [3.05, 3.63) is 64.7 Å². The first-order chi connectivity index (χ1) is 9.09. The molecule has 2 aromatic rings. The summed E-state index contributed by atoms with van der Waals surface area (Å²) in [7, 11) is 0. The van der Waals surface area contributed by atoms with E-state index in [1.54, 1.807) is 30.3 Å². The zero-order chi connectivity index (χ0) is 13.8. The molecule has 0 aliphatic carbocycles. The van der Waals surface area contributed by atoms with Gasteiger partial charge in [-0.2, -0.15) is 0 Å². The Hall–Kier alpha value is -2.33. The van der Waals surface area contributed by atoms with Gasteiger partial charge >= 0.3 is 0 Å². The molecule has 0 radical (unpaired) electrons. The molecule has 2 rings (SSSR count). The number of hydrogen-bond acceptors (Lipinski definition) is 2. The molecule has 0 bridgehead atoms. The molecule has 0 spiro atoms. The summed E-state index contributed by atoms with van der Waals surface area (Å²) in [5.41, 5.74) is 6.03. The van der Waals surface area contributed by atoms with Crippen molar-refractivity contribution in [1.82, 2.24) is 0 Å². The average Bonchev–Trinajstić information content (AvgIpc) is 2.39. The van der Waals surface area contributed by atoms with Gasteiger partial charge in [-0.3, -0.25) is 9.59 Å². The molecule has 2 amide bonds. The lowest BCUT2D eigenvalue weighted by Gasteiger charge is -2.09. The zero-order valence-electron chi connectivity index (χ0n) is 9.89. The van der Waals surface area contributed by atoms with Crippen LogP contribution >= 0.6 is 11.6 Å². The monoisotopic (exact) mass is 274 g/mol. The molecule has 2 aromatic carbocycles. The van der Waals surface area contributed by atoms with Crippen LogP contribution in [0, 0.1) is 0 Å². The van der Waals surface area contributed by atoms with Crippen molar-refractivity contribution in [2.45, 2.75) is 0 Å². The van der Waals surface area contributed by atoms with Gasteiger partial charge in [-0.25, -0.2) is 0 Å². The third kappa shape index (κ3) is 2.92. The summed E-state index contributed by atoms with van der Waals surface area (Å²) in [6.07, 6.45) is 0. The molecule has 0 unspecified atom stereocenters. The second-order valence-electron chi connectivity index (χ2n) is 3.85. The van der Waals surface area contributed by atoms with Gasteiger partial charge in [-0.15, -0.1) is 0 Å². The maximum Gasteiger partial charge on any atom is 0.257 e. The van der Waals surface area contributed by atoms with Crippen LogP contribution in [-0.4, -0.2) is 11.8 Å².